The Bertz CT molecular complexity index is 164. The van der Waals surface area contributed by atoms with E-state index in [0.29, 0.717) is 0 Å². The molecule has 0 aliphatic heterocycles. The first-order valence-electron chi connectivity index (χ1n) is 6.36. The van der Waals surface area contributed by atoms with Crippen molar-refractivity contribution in [2.24, 2.45) is 0 Å². The molecule has 0 amide bonds. The molecular formula is C12H27BrFeP. The van der Waals surface area contributed by atoms with Crippen molar-refractivity contribution in [3.05, 3.63) is 0 Å². The van der Waals surface area contributed by atoms with Crippen molar-refractivity contribution in [2.75, 3.05) is 18.5 Å². The zero-order valence-corrected chi connectivity index (χ0v) is 14.1. The van der Waals surface area contributed by atoms with Crippen LogP contribution < -0.4 is 0 Å². The maximum atomic E-state index is 3.81. The van der Waals surface area contributed by atoms with Crippen molar-refractivity contribution in [3.63, 3.8) is 0 Å². The molecule has 0 radical (unpaired) electrons. The summed E-state index contributed by atoms with van der Waals surface area (Å²) in [7, 11) is 0. The van der Waals surface area contributed by atoms with E-state index in [2.05, 4.69) is 34.9 Å². The van der Waals surface area contributed by atoms with Gasteiger partial charge in [-0.15, -0.1) is 0 Å². The first-order valence-corrected chi connectivity index (χ1v) is 12.8. The van der Waals surface area contributed by atoms with Crippen LogP contribution in [0.25, 0.3) is 0 Å². The number of hydrogen-bond acceptors (Lipinski definition) is 0. The van der Waals surface area contributed by atoms with E-state index in [9.17, 15) is 0 Å². The van der Waals surface area contributed by atoms with Crippen LogP contribution in [0, 0.1) is 0 Å². The second-order valence-electron chi connectivity index (χ2n) is 4.30. The molecule has 0 aromatic rings. The van der Waals surface area contributed by atoms with Crippen molar-refractivity contribution >= 4 is 19.6 Å². The second-order valence-corrected chi connectivity index (χ2v) is 14.6. The van der Waals surface area contributed by atoms with Gasteiger partial charge in [0.2, 0.25) is 0 Å². The summed E-state index contributed by atoms with van der Waals surface area (Å²) >= 11 is 5.13. The number of rotatable bonds is 9. The molecule has 0 atom stereocenters. The summed E-state index contributed by atoms with van der Waals surface area (Å²) in [6.07, 6.45) is 13.1. The molecule has 0 aliphatic rings. The van der Waals surface area contributed by atoms with Gasteiger partial charge >= 0.3 is 110 Å². The van der Waals surface area contributed by atoms with E-state index in [0.717, 1.165) is 0 Å². The van der Waals surface area contributed by atoms with Crippen molar-refractivity contribution in [1.29, 1.82) is 0 Å². The van der Waals surface area contributed by atoms with Gasteiger partial charge in [-0.2, -0.15) is 0 Å². The molecule has 0 rings (SSSR count). The number of unbranched alkanes of at least 4 members (excludes halogenated alkanes) is 3. The van der Waals surface area contributed by atoms with Crippen LogP contribution in [0.4, 0.5) is 0 Å². The maximum absolute atomic E-state index is 3.81. The van der Waals surface area contributed by atoms with E-state index in [1.54, 1.807) is 0 Å². The Morgan fingerprint density at radius 1 is 0.800 bits per heavy atom. The summed E-state index contributed by atoms with van der Waals surface area (Å²) in [6, 6.07) is 0. The molecule has 0 bridgehead atoms. The first kappa shape index (κ1) is 16.4. The molecule has 0 fully saturated rings. The van der Waals surface area contributed by atoms with E-state index in [1.165, 1.54) is 69.2 Å². The molecule has 0 saturated heterocycles. The molecule has 0 unspecified atom stereocenters. The molecule has 0 aromatic heterocycles. The summed E-state index contributed by atoms with van der Waals surface area (Å²) in [4.78, 5) is 0. The quantitative estimate of drug-likeness (QED) is 0.373. The zero-order chi connectivity index (χ0) is 11.6. The monoisotopic (exact) mass is 337 g/mol. The topological polar surface area (TPSA) is 0 Å². The molecule has 0 aromatic carbocycles. The van der Waals surface area contributed by atoms with Crippen LogP contribution in [-0.2, 0) is 12.2 Å². The predicted octanol–water partition coefficient (Wildman–Crippen LogP) is 5.71. The summed E-state index contributed by atoms with van der Waals surface area (Å²) in [5.74, 6) is 0. The van der Waals surface area contributed by atoms with Gasteiger partial charge in [0.05, 0.1) is 0 Å². The predicted molar refractivity (Wildman–Crippen MR) is 75.2 cm³/mol. The van der Waals surface area contributed by atoms with Crippen molar-refractivity contribution < 1.29 is 12.2 Å². The van der Waals surface area contributed by atoms with Gasteiger partial charge in [0, 0.05) is 0 Å². The van der Waals surface area contributed by atoms with Gasteiger partial charge in [0.25, 0.3) is 0 Å². The Kier molecular flexibility index (Phi) is 11.6. The average molecular weight is 338 g/mol. The van der Waals surface area contributed by atoms with Gasteiger partial charge in [-0.3, -0.25) is 0 Å². The Labute approximate surface area is 109 Å². The summed E-state index contributed by atoms with van der Waals surface area (Å²) in [5.41, 5.74) is -0.610. The van der Waals surface area contributed by atoms with Gasteiger partial charge in [-0.05, 0) is 0 Å². The van der Waals surface area contributed by atoms with Crippen molar-refractivity contribution in [3.8, 4) is 0 Å². The third-order valence-electron chi connectivity index (χ3n) is 2.85. The van der Waals surface area contributed by atoms with Crippen LogP contribution in [0.2, 0.25) is 0 Å². The Balaban J connectivity index is 4.32. The summed E-state index contributed by atoms with van der Waals surface area (Å²) in [5, 5.41) is 0. The van der Waals surface area contributed by atoms with Crippen LogP contribution in [0.15, 0.2) is 0 Å². The zero-order valence-electron chi connectivity index (χ0n) is 10.5. The van der Waals surface area contributed by atoms with E-state index in [-0.39, 0.29) is 0 Å². The second kappa shape index (κ2) is 10.6. The van der Waals surface area contributed by atoms with Crippen LogP contribution in [0.5, 0.6) is 0 Å². The molecule has 95 valence electrons. The van der Waals surface area contributed by atoms with Gasteiger partial charge in [-0.1, -0.05) is 0 Å². The van der Waals surface area contributed by atoms with Gasteiger partial charge < -0.3 is 0 Å². The molecule has 0 heterocycles. The van der Waals surface area contributed by atoms with Crippen LogP contribution in [0.3, 0.4) is 0 Å². The first-order chi connectivity index (χ1) is 7.24. The van der Waals surface area contributed by atoms with Crippen molar-refractivity contribution in [2.45, 2.75) is 59.3 Å². The van der Waals surface area contributed by atoms with Gasteiger partial charge in [0.1, 0.15) is 0 Å². The van der Waals surface area contributed by atoms with E-state index in [1.807, 2.05) is 0 Å². The molecule has 0 aliphatic carbocycles. The Morgan fingerprint density at radius 2 is 1.13 bits per heavy atom. The number of halogens is 1. The summed E-state index contributed by atoms with van der Waals surface area (Å²) in [6.45, 7) is 6.97. The minimum atomic E-state index is -0.610. The van der Waals surface area contributed by atoms with Gasteiger partial charge in [0.15, 0.2) is 0 Å². The third-order valence-corrected chi connectivity index (χ3v) is 16.4. The van der Waals surface area contributed by atoms with Crippen LogP contribution in [0.1, 0.15) is 59.3 Å². The van der Waals surface area contributed by atoms with Gasteiger partial charge in [-0.25, -0.2) is 0 Å². The Morgan fingerprint density at radius 3 is 1.33 bits per heavy atom. The van der Waals surface area contributed by atoms with E-state index >= 15 is 0 Å². The van der Waals surface area contributed by atoms with E-state index < -0.39 is 5.51 Å². The minimum absolute atomic E-state index is 0.610. The molecule has 0 N–H and O–H groups in total. The Hall–Kier alpha value is 1.43. The van der Waals surface area contributed by atoms with Crippen molar-refractivity contribution in [1.82, 2.24) is 0 Å². The fourth-order valence-electron chi connectivity index (χ4n) is 1.74. The molecule has 0 saturated carbocycles. The fraction of sp³-hybridized carbons (Fsp3) is 1.00. The van der Waals surface area contributed by atoms with E-state index in [4.69, 9.17) is 0 Å². The van der Waals surface area contributed by atoms with Crippen LogP contribution >= 0.6 is 19.6 Å². The standard InChI is InChI=1S/C12H27P.BrH.Fe/c1-4-7-10-13(11-8-5-2)12-9-6-3;;/h4-12H2,1-3H3;1H;/q;;+1/p-1. The summed E-state index contributed by atoms with van der Waals surface area (Å²) < 4.78 is 0. The molecule has 0 nitrogen and oxygen atoms in total. The molecular weight excluding hydrogens is 311 g/mol. The normalized spacial score (nSPS) is 12.0. The molecule has 3 heteroatoms. The SMILES string of the molecule is CCCC[P](CCCC)(CCCC)=[Fe][Br]. The van der Waals surface area contributed by atoms with Crippen LogP contribution in [-0.4, -0.2) is 18.5 Å². The number of hydrogen-bond donors (Lipinski definition) is 0. The molecule has 15 heavy (non-hydrogen) atoms. The average Bonchev–Trinajstić information content (AvgIpc) is 2.29. The third kappa shape index (κ3) is 7.37. The molecule has 0 spiro atoms. The fourth-order valence-corrected chi connectivity index (χ4v) is 12.3.